The molecule has 3 rings (SSSR count). The minimum Gasteiger partial charge on any atom is -0.744 e. The minimum absolute atomic E-state index is 0.174. The maximum Gasteiger partial charge on any atom is 0.137 e. The van der Waals surface area contributed by atoms with Crippen LogP contribution in [0.2, 0.25) is 0 Å². The maximum absolute atomic E-state index is 10.4. The molecular formula is C20H30N2O8S2. The Kier molecular flexibility index (Phi) is 10.9. The quantitative estimate of drug-likeness (QED) is 0.355. The number of hydrogen-bond donors (Lipinski definition) is 4. The molecule has 0 bridgehead atoms. The lowest BCUT2D eigenvalue weighted by atomic mass is 10.1. The number of nitrogens with two attached hydrogens (primary N) is 1. The van der Waals surface area contributed by atoms with Crippen molar-refractivity contribution in [2.24, 2.45) is 0 Å². The smallest absolute Gasteiger partial charge is 0.137 e. The first-order valence-electron chi connectivity index (χ1n) is 9.79. The SMILES string of the molecule is Cc1ccc(S(=O)(=O)[O-])cc1.Cc1ccc(S(=O)(=O)[O-])cc1.[NH3+]CC[C@@H]1[NH2+]C[C@H](O)[C@@H]1O. The zero-order valence-electron chi connectivity index (χ0n) is 17.9. The van der Waals surface area contributed by atoms with Gasteiger partial charge in [-0.15, -0.1) is 0 Å². The molecule has 2 aromatic carbocycles. The molecule has 32 heavy (non-hydrogen) atoms. The summed E-state index contributed by atoms with van der Waals surface area (Å²) in [4.78, 5) is -0.355. The first kappa shape index (κ1) is 28.1. The van der Waals surface area contributed by atoms with E-state index in [2.05, 4.69) is 5.73 Å². The van der Waals surface area contributed by atoms with Crippen LogP contribution in [0.15, 0.2) is 58.3 Å². The largest absolute Gasteiger partial charge is 0.744 e. The first-order chi connectivity index (χ1) is 14.8. The van der Waals surface area contributed by atoms with Crippen molar-refractivity contribution in [2.45, 2.75) is 48.3 Å². The highest BCUT2D eigenvalue weighted by atomic mass is 32.2. The summed E-state index contributed by atoms with van der Waals surface area (Å²) in [7, 11) is -8.54. The van der Waals surface area contributed by atoms with Crippen LogP contribution in [0.25, 0.3) is 0 Å². The van der Waals surface area contributed by atoms with Gasteiger partial charge in [0.05, 0.1) is 22.8 Å². The summed E-state index contributed by atoms with van der Waals surface area (Å²) >= 11 is 0. The molecule has 0 unspecified atom stereocenters. The number of aliphatic hydroxyl groups excluding tert-OH is 2. The lowest BCUT2D eigenvalue weighted by Crippen LogP contribution is -2.88. The summed E-state index contributed by atoms with van der Waals surface area (Å²) in [6.07, 6.45) is -0.184. The zero-order valence-corrected chi connectivity index (χ0v) is 19.6. The number of hydrogen-bond acceptors (Lipinski definition) is 8. The lowest BCUT2D eigenvalue weighted by molar-refractivity contribution is -0.677. The minimum atomic E-state index is -4.27. The topological polar surface area (TPSA) is 199 Å². The second-order valence-corrected chi connectivity index (χ2v) is 10.1. The summed E-state index contributed by atoms with van der Waals surface area (Å²) in [5, 5.41) is 20.4. The Bertz CT molecular complexity index is 965. The molecule has 10 nitrogen and oxygen atoms in total. The molecule has 7 N–H and O–H groups in total. The van der Waals surface area contributed by atoms with Gasteiger partial charge in [-0.2, -0.15) is 0 Å². The standard InChI is InChI=1S/2C7H8O3S.C6H14N2O2/c2*1-6-2-4-7(5-3-6)11(8,9)10;7-2-1-4-6(10)5(9)3-8-4/h2*2-5H,1H3,(H,8,9,10);4-6,8-10H,1-3,7H2/t;;4-,5-,6+/m..0/s1. The van der Waals surface area contributed by atoms with Crippen LogP contribution in [0.4, 0.5) is 0 Å². The van der Waals surface area contributed by atoms with Crippen molar-refractivity contribution < 1.29 is 47.2 Å². The molecule has 1 aliphatic rings. The van der Waals surface area contributed by atoms with Gasteiger partial charge in [0.2, 0.25) is 0 Å². The summed E-state index contributed by atoms with van der Waals surface area (Å²) in [6.45, 7) is 5.10. The van der Waals surface area contributed by atoms with Gasteiger partial charge < -0.3 is 30.4 Å². The van der Waals surface area contributed by atoms with E-state index in [0.717, 1.165) is 24.1 Å². The van der Waals surface area contributed by atoms with Gasteiger partial charge in [0.15, 0.2) is 0 Å². The van der Waals surface area contributed by atoms with Crippen LogP contribution in [0.5, 0.6) is 0 Å². The Morgan fingerprint density at radius 2 is 1.25 bits per heavy atom. The van der Waals surface area contributed by atoms with E-state index in [1.165, 1.54) is 24.3 Å². The van der Waals surface area contributed by atoms with Crippen LogP contribution in [-0.4, -0.2) is 67.5 Å². The van der Waals surface area contributed by atoms with Gasteiger partial charge in [0.25, 0.3) is 0 Å². The van der Waals surface area contributed by atoms with E-state index in [4.69, 9.17) is 5.11 Å². The second kappa shape index (κ2) is 12.4. The third kappa shape index (κ3) is 9.71. The highest BCUT2D eigenvalue weighted by Gasteiger charge is 2.36. The van der Waals surface area contributed by atoms with E-state index in [1.807, 2.05) is 19.2 Å². The molecule has 1 heterocycles. The number of benzene rings is 2. The average molecular weight is 491 g/mol. The van der Waals surface area contributed by atoms with Gasteiger partial charge in [0.1, 0.15) is 45.0 Å². The second-order valence-electron chi connectivity index (χ2n) is 7.37. The van der Waals surface area contributed by atoms with E-state index in [1.54, 1.807) is 24.3 Å². The molecule has 12 heteroatoms. The Morgan fingerprint density at radius 1 is 0.875 bits per heavy atom. The van der Waals surface area contributed by atoms with Crippen LogP contribution < -0.4 is 11.1 Å². The van der Waals surface area contributed by atoms with Crippen molar-refractivity contribution in [3.8, 4) is 0 Å². The molecule has 1 saturated heterocycles. The molecule has 3 atom stereocenters. The predicted molar refractivity (Wildman–Crippen MR) is 113 cm³/mol. The fourth-order valence-corrected chi connectivity index (χ4v) is 3.75. The average Bonchev–Trinajstić information content (AvgIpc) is 3.01. The third-order valence-electron chi connectivity index (χ3n) is 4.67. The number of rotatable bonds is 4. The Balaban J connectivity index is 0.000000240. The Labute approximate surface area is 188 Å². The summed E-state index contributed by atoms with van der Waals surface area (Å²) in [6, 6.07) is 11.7. The van der Waals surface area contributed by atoms with Gasteiger partial charge in [0, 0.05) is 0 Å². The summed E-state index contributed by atoms with van der Waals surface area (Å²) < 4.78 is 62.3. The Morgan fingerprint density at radius 3 is 1.50 bits per heavy atom. The van der Waals surface area contributed by atoms with Crippen molar-refractivity contribution in [1.29, 1.82) is 0 Å². The number of quaternary nitrogens is 2. The lowest BCUT2D eigenvalue weighted by Gasteiger charge is -2.09. The molecule has 0 aromatic heterocycles. The van der Waals surface area contributed by atoms with Gasteiger partial charge in [-0.05, 0) is 38.1 Å². The van der Waals surface area contributed by atoms with E-state index in [-0.39, 0.29) is 15.8 Å². The van der Waals surface area contributed by atoms with Crippen molar-refractivity contribution >= 4 is 20.2 Å². The normalized spacial score (nSPS) is 20.5. The zero-order chi connectivity index (χ0) is 24.5. The molecular weight excluding hydrogens is 460 g/mol. The number of aryl methyl sites for hydroxylation is 2. The van der Waals surface area contributed by atoms with Crippen molar-refractivity contribution in [1.82, 2.24) is 0 Å². The van der Waals surface area contributed by atoms with Gasteiger partial charge >= 0.3 is 0 Å². The van der Waals surface area contributed by atoms with Crippen LogP contribution in [0.1, 0.15) is 17.5 Å². The van der Waals surface area contributed by atoms with Crippen LogP contribution in [0.3, 0.4) is 0 Å². The highest BCUT2D eigenvalue weighted by Crippen LogP contribution is 2.09. The Hall–Kier alpha value is -1.90. The molecule has 180 valence electrons. The molecule has 0 radical (unpaired) electrons. The molecule has 0 saturated carbocycles. The maximum atomic E-state index is 10.4. The van der Waals surface area contributed by atoms with E-state index < -0.39 is 32.4 Å². The molecule has 0 spiro atoms. The van der Waals surface area contributed by atoms with Crippen molar-refractivity contribution in [3.05, 3.63) is 59.7 Å². The molecule has 0 aliphatic carbocycles. The molecule has 2 aromatic rings. The van der Waals surface area contributed by atoms with Crippen molar-refractivity contribution in [2.75, 3.05) is 13.1 Å². The van der Waals surface area contributed by atoms with Gasteiger partial charge in [-0.1, -0.05) is 35.4 Å². The summed E-state index contributed by atoms with van der Waals surface area (Å²) in [5.41, 5.74) is 5.55. The van der Waals surface area contributed by atoms with E-state index in [0.29, 0.717) is 6.54 Å². The van der Waals surface area contributed by atoms with Gasteiger partial charge in [-0.3, -0.25) is 0 Å². The van der Waals surface area contributed by atoms with E-state index in [9.17, 15) is 31.0 Å². The third-order valence-corrected chi connectivity index (χ3v) is 6.37. The van der Waals surface area contributed by atoms with Crippen molar-refractivity contribution in [3.63, 3.8) is 0 Å². The summed E-state index contributed by atoms with van der Waals surface area (Å²) in [5.74, 6) is 0. The predicted octanol–water partition coefficient (Wildman–Crippen LogP) is -1.92. The van der Waals surface area contributed by atoms with Crippen LogP contribution in [0, 0.1) is 13.8 Å². The fourth-order valence-electron chi connectivity index (χ4n) is 2.81. The molecule has 1 fully saturated rings. The monoisotopic (exact) mass is 490 g/mol. The number of aliphatic hydroxyl groups is 2. The molecule has 0 amide bonds. The highest BCUT2D eigenvalue weighted by molar-refractivity contribution is 7.86. The van der Waals surface area contributed by atoms with Crippen LogP contribution in [-0.2, 0) is 20.2 Å². The van der Waals surface area contributed by atoms with Crippen LogP contribution >= 0.6 is 0 Å². The first-order valence-corrected chi connectivity index (χ1v) is 12.6. The van der Waals surface area contributed by atoms with Gasteiger partial charge in [-0.25, -0.2) is 16.8 Å². The molecule has 1 aliphatic heterocycles. The van der Waals surface area contributed by atoms with E-state index >= 15 is 0 Å². The fraction of sp³-hybridized carbons (Fsp3) is 0.400.